The summed E-state index contributed by atoms with van der Waals surface area (Å²) >= 11 is 6.58. The van der Waals surface area contributed by atoms with Crippen molar-refractivity contribution >= 4 is 45.9 Å². The second kappa shape index (κ2) is 10.9. The summed E-state index contributed by atoms with van der Waals surface area (Å²) in [6.45, 7) is 7.00. The van der Waals surface area contributed by atoms with Crippen molar-refractivity contribution in [3.8, 4) is 5.75 Å². The second-order valence-electron chi connectivity index (χ2n) is 9.69. The van der Waals surface area contributed by atoms with Gasteiger partial charge in [0.2, 0.25) is 5.91 Å². The van der Waals surface area contributed by atoms with Gasteiger partial charge >= 0.3 is 0 Å². The van der Waals surface area contributed by atoms with Crippen LogP contribution in [0.25, 0.3) is 11.0 Å². The first-order valence-corrected chi connectivity index (χ1v) is 13.0. The van der Waals surface area contributed by atoms with Crippen molar-refractivity contribution in [2.24, 2.45) is 0 Å². The molecule has 2 saturated heterocycles. The minimum absolute atomic E-state index is 0.0383. The van der Waals surface area contributed by atoms with E-state index in [4.69, 9.17) is 21.3 Å². The lowest BCUT2D eigenvalue weighted by Crippen LogP contribution is -2.36. The predicted octanol–water partition coefficient (Wildman–Crippen LogP) is 4.12. The summed E-state index contributed by atoms with van der Waals surface area (Å²) in [6, 6.07) is 9.74. The molecule has 1 amide bonds. The number of hydrogen-bond donors (Lipinski definition) is 1. The molecule has 0 radical (unpaired) electrons. The average Bonchev–Trinajstić information content (AvgIpc) is 3.41. The lowest BCUT2D eigenvalue weighted by atomic mass is 10.1. The van der Waals surface area contributed by atoms with E-state index in [-0.39, 0.29) is 18.1 Å². The van der Waals surface area contributed by atoms with Crippen LogP contribution in [0.5, 0.6) is 5.75 Å². The van der Waals surface area contributed by atoms with E-state index >= 15 is 0 Å². The van der Waals surface area contributed by atoms with Gasteiger partial charge in [-0.1, -0.05) is 18.2 Å². The lowest BCUT2D eigenvalue weighted by Gasteiger charge is -2.29. The molecule has 37 heavy (non-hydrogen) atoms. The Morgan fingerprint density at radius 3 is 2.76 bits per heavy atom. The maximum atomic E-state index is 12.0. The Labute approximate surface area is 222 Å². The quantitative estimate of drug-likeness (QED) is 0.465. The highest BCUT2D eigenvalue weighted by Gasteiger charge is 2.28. The molecule has 2 fully saturated rings. The normalized spacial score (nSPS) is 18.7. The number of nitrogens with zero attached hydrogens (tertiary/aromatic N) is 6. The van der Waals surface area contributed by atoms with Crippen molar-refractivity contribution in [3.05, 3.63) is 54.3 Å². The smallest absolute Gasteiger partial charge is 0.246 e. The molecule has 194 valence electrons. The number of rotatable bonds is 7. The number of benzene rings is 1. The Morgan fingerprint density at radius 2 is 2.00 bits per heavy atom. The first kappa shape index (κ1) is 25.2. The molecule has 4 heterocycles. The van der Waals surface area contributed by atoms with Crippen molar-refractivity contribution in [1.82, 2.24) is 24.8 Å². The van der Waals surface area contributed by atoms with E-state index < -0.39 is 0 Å². The molecular weight excluding hydrogens is 490 g/mol. The van der Waals surface area contributed by atoms with E-state index in [1.165, 1.54) is 12.4 Å². The van der Waals surface area contributed by atoms with E-state index in [1.54, 1.807) is 0 Å². The van der Waals surface area contributed by atoms with Gasteiger partial charge in [-0.25, -0.2) is 15.0 Å². The molecule has 2 aliphatic rings. The Kier molecular flexibility index (Phi) is 7.43. The largest absolute Gasteiger partial charge is 0.489 e. The van der Waals surface area contributed by atoms with Crippen LogP contribution in [0.4, 0.5) is 17.3 Å². The minimum atomic E-state index is -0.0383. The van der Waals surface area contributed by atoms with Gasteiger partial charge in [-0.15, -0.1) is 0 Å². The first-order chi connectivity index (χ1) is 17.9. The van der Waals surface area contributed by atoms with E-state index in [0.717, 1.165) is 49.4 Å². The number of carbonyl (C=O) groups excluding carboxylic acids is 1. The molecular formula is C27H32ClN7O2. The Bertz CT molecular complexity index is 1290. The molecule has 1 atom stereocenters. The van der Waals surface area contributed by atoms with Crippen LogP contribution in [-0.4, -0.2) is 83.1 Å². The molecule has 2 aromatic heterocycles. The number of piperidine rings is 1. The van der Waals surface area contributed by atoms with Gasteiger partial charge < -0.3 is 24.8 Å². The fraction of sp³-hybridized carbons (Fsp3) is 0.407. The standard InChI is InChI=1S/C27H32ClN7O2/c1-4-25(36)35-14-9-19(16-35)34(3)24-8-6-22-26(32-24)27(30-17-29-22)31-18-5-7-23(21(28)15-18)37-20-10-12-33(2)13-11-20/h4-8,15,17,19-20H,1,9-14,16H2,2-3H3,(H,29,30,31)/t19-/m0/s1. The summed E-state index contributed by atoms with van der Waals surface area (Å²) in [5, 5.41) is 3.90. The monoisotopic (exact) mass is 521 g/mol. The lowest BCUT2D eigenvalue weighted by molar-refractivity contribution is -0.125. The number of likely N-dealkylation sites (N-methyl/N-ethyl adjacent to an activating group) is 1. The number of amides is 1. The zero-order valence-electron chi connectivity index (χ0n) is 21.2. The molecule has 9 nitrogen and oxygen atoms in total. The van der Waals surface area contributed by atoms with Gasteiger partial charge in [-0.05, 0) is 62.7 Å². The molecule has 1 N–H and O–H groups in total. The van der Waals surface area contributed by atoms with Gasteiger partial charge in [-0.3, -0.25) is 4.79 Å². The van der Waals surface area contributed by atoms with E-state index in [9.17, 15) is 4.79 Å². The topological polar surface area (TPSA) is 86.7 Å². The Balaban J connectivity index is 1.32. The van der Waals surface area contributed by atoms with Crippen LogP contribution in [-0.2, 0) is 4.79 Å². The zero-order chi connectivity index (χ0) is 25.9. The average molecular weight is 522 g/mol. The number of ether oxygens (including phenoxy) is 1. The molecule has 5 rings (SSSR count). The number of likely N-dealkylation sites (tertiary alicyclic amines) is 2. The fourth-order valence-corrected chi connectivity index (χ4v) is 5.11. The Morgan fingerprint density at radius 1 is 1.19 bits per heavy atom. The number of pyridine rings is 1. The summed E-state index contributed by atoms with van der Waals surface area (Å²) in [5.74, 6) is 2.04. The highest BCUT2D eigenvalue weighted by Crippen LogP contribution is 2.32. The molecule has 0 saturated carbocycles. The van der Waals surface area contributed by atoms with Crippen molar-refractivity contribution in [2.75, 3.05) is 50.5 Å². The number of halogens is 1. The van der Waals surface area contributed by atoms with Crippen LogP contribution in [0.1, 0.15) is 19.3 Å². The number of fused-ring (bicyclic) bond motifs is 1. The third kappa shape index (κ3) is 5.62. The van der Waals surface area contributed by atoms with Gasteiger partial charge in [0.05, 0.1) is 10.5 Å². The predicted molar refractivity (Wildman–Crippen MR) is 147 cm³/mol. The van der Waals surface area contributed by atoms with Crippen LogP contribution >= 0.6 is 11.6 Å². The van der Waals surface area contributed by atoms with Gasteiger partial charge in [-0.2, -0.15) is 0 Å². The van der Waals surface area contributed by atoms with E-state index in [2.05, 4.69) is 38.7 Å². The zero-order valence-corrected chi connectivity index (χ0v) is 22.0. The third-order valence-corrected chi connectivity index (χ3v) is 7.48. The molecule has 0 bridgehead atoms. The third-order valence-electron chi connectivity index (χ3n) is 7.18. The summed E-state index contributed by atoms with van der Waals surface area (Å²) < 4.78 is 6.17. The molecule has 3 aromatic rings. The van der Waals surface area contributed by atoms with Crippen molar-refractivity contribution in [2.45, 2.75) is 31.4 Å². The van der Waals surface area contributed by atoms with Crippen LogP contribution < -0.4 is 15.0 Å². The summed E-state index contributed by atoms with van der Waals surface area (Å²) in [4.78, 5) is 32.0. The number of nitrogens with one attached hydrogen (secondary N) is 1. The van der Waals surface area contributed by atoms with Crippen LogP contribution in [0, 0.1) is 0 Å². The van der Waals surface area contributed by atoms with Crippen molar-refractivity contribution in [1.29, 1.82) is 0 Å². The summed E-state index contributed by atoms with van der Waals surface area (Å²) in [5.41, 5.74) is 2.18. The van der Waals surface area contributed by atoms with Crippen LogP contribution in [0.15, 0.2) is 49.3 Å². The maximum Gasteiger partial charge on any atom is 0.246 e. The molecule has 1 aromatic carbocycles. The SMILES string of the molecule is C=CC(=O)N1CC[C@H](N(C)c2ccc3ncnc(Nc4ccc(OC5CCN(C)CC5)c(Cl)c4)c3n2)C1. The van der Waals surface area contributed by atoms with Crippen molar-refractivity contribution < 1.29 is 9.53 Å². The van der Waals surface area contributed by atoms with Gasteiger partial charge in [0.25, 0.3) is 0 Å². The Hall–Kier alpha value is -3.43. The number of hydrogen-bond acceptors (Lipinski definition) is 8. The fourth-order valence-electron chi connectivity index (χ4n) is 4.89. The van der Waals surface area contributed by atoms with Crippen LogP contribution in [0.2, 0.25) is 5.02 Å². The number of carbonyl (C=O) groups is 1. The molecule has 2 aliphatic heterocycles. The first-order valence-electron chi connectivity index (χ1n) is 12.6. The van der Waals surface area contributed by atoms with E-state index in [0.29, 0.717) is 35.2 Å². The van der Waals surface area contributed by atoms with Gasteiger partial charge in [0.1, 0.15) is 29.5 Å². The molecule has 0 unspecified atom stereocenters. The van der Waals surface area contributed by atoms with Crippen LogP contribution in [0.3, 0.4) is 0 Å². The maximum absolute atomic E-state index is 12.0. The van der Waals surface area contributed by atoms with E-state index in [1.807, 2.05) is 42.3 Å². The number of anilines is 3. The highest BCUT2D eigenvalue weighted by molar-refractivity contribution is 6.32. The summed E-state index contributed by atoms with van der Waals surface area (Å²) in [6.07, 6.45) is 5.92. The summed E-state index contributed by atoms with van der Waals surface area (Å²) in [7, 11) is 4.13. The minimum Gasteiger partial charge on any atom is -0.489 e. The molecule has 0 aliphatic carbocycles. The molecule has 10 heteroatoms. The number of aromatic nitrogens is 3. The van der Waals surface area contributed by atoms with Gasteiger partial charge in [0, 0.05) is 45.0 Å². The highest BCUT2D eigenvalue weighted by atomic mass is 35.5. The van der Waals surface area contributed by atoms with Gasteiger partial charge in [0.15, 0.2) is 5.82 Å². The second-order valence-corrected chi connectivity index (χ2v) is 10.1. The van der Waals surface area contributed by atoms with Crippen molar-refractivity contribution in [3.63, 3.8) is 0 Å². The molecule has 0 spiro atoms.